The summed E-state index contributed by atoms with van der Waals surface area (Å²) in [6.45, 7) is 0. The molecule has 0 spiro atoms. The zero-order valence-corrected chi connectivity index (χ0v) is 15.5. The van der Waals surface area contributed by atoms with Gasteiger partial charge in [0.1, 0.15) is 5.65 Å². The lowest BCUT2D eigenvalue weighted by atomic mass is 10.4. The third-order valence-electron chi connectivity index (χ3n) is 3.60. The van der Waals surface area contributed by atoms with Crippen LogP contribution in [0.1, 0.15) is 5.69 Å². The van der Waals surface area contributed by atoms with Crippen LogP contribution in [0.5, 0.6) is 0 Å². The second-order valence-electron chi connectivity index (χ2n) is 5.29. The van der Waals surface area contributed by atoms with Crippen LogP contribution in [-0.2, 0) is 12.8 Å². The van der Waals surface area contributed by atoms with Gasteiger partial charge in [0.2, 0.25) is 0 Å². The van der Waals surface area contributed by atoms with Gasteiger partial charge in [-0.2, -0.15) is 0 Å². The van der Waals surface area contributed by atoms with E-state index in [1.54, 1.807) is 18.5 Å². The van der Waals surface area contributed by atoms with Gasteiger partial charge in [0.05, 0.1) is 12.0 Å². The van der Waals surface area contributed by atoms with Crippen LogP contribution < -0.4 is 5.56 Å². The van der Waals surface area contributed by atoms with Crippen molar-refractivity contribution in [1.29, 1.82) is 0 Å². The molecule has 4 rings (SSSR count). The van der Waals surface area contributed by atoms with Crippen LogP contribution in [0.15, 0.2) is 61.6 Å². The number of aromatic nitrogens is 5. The van der Waals surface area contributed by atoms with E-state index in [2.05, 4.69) is 31.1 Å². The molecule has 0 aliphatic heterocycles. The lowest BCUT2D eigenvalue weighted by Gasteiger charge is -2.05. The first-order valence-corrected chi connectivity index (χ1v) is 9.13. The standard InChI is InChI=1S/C16H12BrN5O2S/c1-21-15(12-3-2-6-24-12)19-20-16(21)25-9-11-7-14(23)22-8-10(17)4-5-13(22)18-11/h2-8H,9H2,1H3. The van der Waals surface area contributed by atoms with Crippen molar-refractivity contribution in [3.63, 3.8) is 0 Å². The van der Waals surface area contributed by atoms with E-state index in [9.17, 15) is 4.79 Å². The fourth-order valence-electron chi connectivity index (χ4n) is 2.40. The molecule has 7 nitrogen and oxygen atoms in total. The van der Waals surface area contributed by atoms with Crippen molar-refractivity contribution in [3.8, 4) is 11.6 Å². The van der Waals surface area contributed by atoms with Gasteiger partial charge in [0.15, 0.2) is 16.7 Å². The molecule has 0 atom stereocenters. The Kier molecular flexibility index (Phi) is 4.18. The molecule has 9 heteroatoms. The summed E-state index contributed by atoms with van der Waals surface area (Å²) in [4.78, 5) is 16.8. The highest BCUT2D eigenvalue weighted by Gasteiger charge is 2.14. The highest BCUT2D eigenvalue weighted by molar-refractivity contribution is 9.10. The quantitative estimate of drug-likeness (QED) is 0.474. The molecule has 0 N–H and O–H groups in total. The Labute approximate surface area is 154 Å². The molecule has 0 aliphatic rings. The molecule has 0 unspecified atom stereocenters. The van der Waals surface area contributed by atoms with Crippen LogP contribution in [0.2, 0.25) is 0 Å². The van der Waals surface area contributed by atoms with Gasteiger partial charge in [-0.15, -0.1) is 10.2 Å². The molecule has 4 aromatic heterocycles. The fraction of sp³-hybridized carbons (Fsp3) is 0.125. The first-order chi connectivity index (χ1) is 12.1. The number of pyridine rings is 1. The summed E-state index contributed by atoms with van der Waals surface area (Å²) in [5, 5.41) is 9.06. The second-order valence-corrected chi connectivity index (χ2v) is 7.15. The van der Waals surface area contributed by atoms with Gasteiger partial charge in [-0.05, 0) is 40.2 Å². The number of hydrogen-bond donors (Lipinski definition) is 0. The van der Waals surface area contributed by atoms with Gasteiger partial charge in [0.25, 0.3) is 5.56 Å². The number of nitrogens with zero attached hydrogens (tertiary/aromatic N) is 5. The molecule has 0 radical (unpaired) electrons. The zero-order chi connectivity index (χ0) is 17.4. The van der Waals surface area contributed by atoms with Crippen molar-refractivity contribution >= 4 is 33.3 Å². The van der Waals surface area contributed by atoms with Crippen molar-refractivity contribution in [2.24, 2.45) is 7.05 Å². The van der Waals surface area contributed by atoms with Crippen molar-refractivity contribution in [3.05, 3.63) is 63.3 Å². The summed E-state index contributed by atoms with van der Waals surface area (Å²) in [6, 6.07) is 8.84. The van der Waals surface area contributed by atoms with Crippen molar-refractivity contribution in [2.75, 3.05) is 0 Å². The minimum absolute atomic E-state index is 0.115. The molecule has 4 aromatic rings. The Balaban J connectivity index is 1.59. The number of rotatable bonds is 4. The van der Waals surface area contributed by atoms with Gasteiger partial charge < -0.3 is 8.98 Å². The van der Waals surface area contributed by atoms with Crippen LogP contribution in [0.4, 0.5) is 0 Å². The second kappa shape index (κ2) is 6.49. The Morgan fingerprint density at radius 3 is 2.96 bits per heavy atom. The Morgan fingerprint density at radius 1 is 1.28 bits per heavy atom. The smallest absolute Gasteiger partial charge is 0.258 e. The molecule has 0 saturated heterocycles. The highest BCUT2D eigenvalue weighted by atomic mass is 79.9. The third-order valence-corrected chi connectivity index (χ3v) is 5.13. The summed E-state index contributed by atoms with van der Waals surface area (Å²) < 4.78 is 9.55. The van der Waals surface area contributed by atoms with Crippen LogP contribution in [0, 0.1) is 0 Å². The average Bonchev–Trinajstić information content (AvgIpc) is 3.23. The van der Waals surface area contributed by atoms with Crippen LogP contribution in [-0.4, -0.2) is 24.1 Å². The minimum Gasteiger partial charge on any atom is -0.461 e. The molecule has 126 valence electrons. The zero-order valence-electron chi connectivity index (χ0n) is 13.1. The van der Waals surface area contributed by atoms with Crippen molar-refractivity contribution in [1.82, 2.24) is 24.1 Å². The first-order valence-electron chi connectivity index (χ1n) is 7.36. The third kappa shape index (κ3) is 3.12. The summed E-state index contributed by atoms with van der Waals surface area (Å²) >= 11 is 4.82. The normalized spacial score (nSPS) is 11.3. The number of halogens is 1. The summed E-state index contributed by atoms with van der Waals surface area (Å²) in [5.74, 6) is 1.84. The van der Waals surface area contributed by atoms with Crippen molar-refractivity contribution < 1.29 is 4.42 Å². The number of furan rings is 1. The monoisotopic (exact) mass is 417 g/mol. The topological polar surface area (TPSA) is 78.2 Å². The summed E-state index contributed by atoms with van der Waals surface area (Å²) in [7, 11) is 1.88. The average molecular weight is 418 g/mol. The Hall–Kier alpha value is -2.39. The largest absolute Gasteiger partial charge is 0.461 e. The van der Waals surface area contributed by atoms with E-state index >= 15 is 0 Å². The Morgan fingerprint density at radius 2 is 2.16 bits per heavy atom. The van der Waals surface area contributed by atoms with Crippen molar-refractivity contribution in [2.45, 2.75) is 10.9 Å². The molecule has 4 heterocycles. The lowest BCUT2D eigenvalue weighted by Crippen LogP contribution is -2.15. The van der Waals surface area contributed by atoms with Crippen LogP contribution in [0.25, 0.3) is 17.2 Å². The lowest BCUT2D eigenvalue weighted by molar-refractivity contribution is 0.572. The SMILES string of the molecule is Cn1c(SCc2cc(=O)n3cc(Br)ccc3n2)nnc1-c1ccco1. The fourth-order valence-corrected chi connectivity index (χ4v) is 3.54. The molecule has 0 amide bonds. The molecule has 0 fully saturated rings. The van der Waals surface area contributed by atoms with Gasteiger partial charge in [-0.25, -0.2) is 4.98 Å². The minimum atomic E-state index is -0.115. The van der Waals surface area contributed by atoms with Gasteiger partial charge in [-0.1, -0.05) is 11.8 Å². The maximum absolute atomic E-state index is 12.2. The number of fused-ring (bicyclic) bond motifs is 1. The van der Waals surface area contributed by atoms with E-state index in [0.717, 1.165) is 9.63 Å². The molecule has 0 aromatic carbocycles. The van der Waals surface area contributed by atoms with Gasteiger partial charge >= 0.3 is 0 Å². The van der Waals surface area contributed by atoms with E-state index in [1.807, 2.05) is 29.8 Å². The molecule has 0 aliphatic carbocycles. The Bertz CT molecular complexity index is 1100. The number of thioether (sulfide) groups is 1. The molecule has 0 bridgehead atoms. The van der Waals surface area contributed by atoms with Crippen LogP contribution >= 0.6 is 27.7 Å². The van der Waals surface area contributed by atoms with Gasteiger partial charge in [0, 0.05) is 29.5 Å². The van der Waals surface area contributed by atoms with E-state index in [0.29, 0.717) is 28.7 Å². The van der Waals surface area contributed by atoms with E-state index in [1.165, 1.54) is 22.2 Å². The van der Waals surface area contributed by atoms with Crippen LogP contribution in [0.3, 0.4) is 0 Å². The molecule has 0 saturated carbocycles. The summed E-state index contributed by atoms with van der Waals surface area (Å²) in [5.41, 5.74) is 1.19. The molecular weight excluding hydrogens is 406 g/mol. The van der Waals surface area contributed by atoms with E-state index in [4.69, 9.17) is 4.42 Å². The summed E-state index contributed by atoms with van der Waals surface area (Å²) in [6.07, 6.45) is 3.31. The first kappa shape index (κ1) is 16.1. The molecule has 25 heavy (non-hydrogen) atoms. The predicted molar refractivity (Wildman–Crippen MR) is 97.4 cm³/mol. The predicted octanol–water partition coefficient (Wildman–Crippen LogP) is 3.14. The number of hydrogen-bond acceptors (Lipinski definition) is 6. The maximum atomic E-state index is 12.2. The maximum Gasteiger partial charge on any atom is 0.258 e. The highest BCUT2D eigenvalue weighted by Crippen LogP contribution is 2.24. The molecular formula is C16H12BrN5O2S. The van der Waals surface area contributed by atoms with E-state index in [-0.39, 0.29) is 5.56 Å². The van der Waals surface area contributed by atoms with Gasteiger partial charge in [-0.3, -0.25) is 9.20 Å². The van der Waals surface area contributed by atoms with E-state index < -0.39 is 0 Å².